The molecule has 1 heterocycles. The van der Waals surface area contributed by atoms with Gasteiger partial charge in [-0.2, -0.15) is 0 Å². The maximum atomic E-state index is 13.5. The minimum absolute atomic E-state index is 0.193. The second-order valence-electron chi connectivity index (χ2n) is 7.35. The normalized spacial score (nSPS) is 16.7. The number of amides is 2. The van der Waals surface area contributed by atoms with Gasteiger partial charge in [0, 0.05) is 10.6 Å². The Morgan fingerprint density at radius 1 is 0.700 bits per heavy atom. The topological polar surface area (TPSA) is 57.7 Å². The highest BCUT2D eigenvalue weighted by Crippen LogP contribution is 2.40. The van der Waals surface area contributed by atoms with Crippen LogP contribution >= 0.6 is 0 Å². The van der Waals surface area contributed by atoms with Gasteiger partial charge in [0.1, 0.15) is 5.41 Å². The molecule has 1 unspecified atom stereocenters. The fourth-order valence-electron chi connectivity index (χ4n) is 3.55. The lowest BCUT2D eigenvalue weighted by atomic mass is 9.86. The predicted molar refractivity (Wildman–Crippen MR) is 118 cm³/mol. The highest BCUT2D eigenvalue weighted by Gasteiger charge is 2.56. The summed E-state index contributed by atoms with van der Waals surface area (Å²) in [5.74, 6) is -0.399. The molecule has 6 heteroatoms. The molecule has 0 bridgehead atoms. The van der Waals surface area contributed by atoms with E-state index in [9.17, 15) is 13.8 Å². The number of para-hydroxylation sites is 2. The minimum Gasteiger partial charge on any atom is -0.271 e. The fourth-order valence-corrected chi connectivity index (χ4v) is 4.84. The van der Waals surface area contributed by atoms with Crippen LogP contribution in [0.3, 0.4) is 0 Å². The van der Waals surface area contributed by atoms with Crippen molar-refractivity contribution in [3.63, 3.8) is 0 Å². The molecule has 5 nitrogen and oxygen atoms in total. The van der Waals surface area contributed by atoms with E-state index in [-0.39, 0.29) is 24.0 Å². The van der Waals surface area contributed by atoms with Gasteiger partial charge in [0.25, 0.3) is 11.8 Å². The van der Waals surface area contributed by atoms with E-state index in [0.717, 1.165) is 0 Å². The molecule has 0 N–H and O–H groups in total. The molecule has 1 atom stereocenters. The molecule has 0 saturated carbocycles. The molecule has 1 fully saturated rings. The third kappa shape index (κ3) is 3.55. The first-order valence-corrected chi connectivity index (χ1v) is 11.1. The first-order valence-electron chi connectivity index (χ1n) is 9.75. The monoisotopic (exact) mass is 418 g/mol. The average Bonchev–Trinajstić information content (AvgIpc) is 3.00. The van der Waals surface area contributed by atoms with Crippen LogP contribution in [0.5, 0.6) is 0 Å². The van der Waals surface area contributed by atoms with E-state index in [1.54, 1.807) is 43.3 Å². The fraction of sp³-hybridized carbons (Fsp3) is 0.167. The zero-order valence-corrected chi connectivity index (χ0v) is 17.4. The summed E-state index contributed by atoms with van der Waals surface area (Å²) in [7, 11) is -1.29. The molecule has 2 amide bonds. The number of carbonyl (C=O) groups excluding carboxylic acids is 2. The molecule has 152 valence electrons. The summed E-state index contributed by atoms with van der Waals surface area (Å²) in [5.41, 5.74) is -0.0592. The van der Waals surface area contributed by atoms with Crippen molar-refractivity contribution in [1.82, 2.24) is 0 Å². The third-order valence-electron chi connectivity index (χ3n) is 5.32. The SMILES string of the molecule is CC1(CCS(=O)c2ccccc2)C(=O)N(c2ccccc2)N(c2ccccc2)C1=O. The Kier molecular flexibility index (Phi) is 5.50. The standard InChI is InChI=1S/C24H22N2O3S/c1-24(17-18-30(29)21-15-9-4-10-16-21)22(27)25(19-11-5-2-6-12-19)26(23(24)28)20-13-7-3-8-14-20/h2-16H,17-18H2,1H3. The minimum atomic E-state index is -1.30. The van der Waals surface area contributed by atoms with Crippen LogP contribution in [-0.2, 0) is 20.4 Å². The summed E-state index contributed by atoms with van der Waals surface area (Å²) in [5, 5.41) is 2.87. The van der Waals surface area contributed by atoms with Gasteiger partial charge in [0.2, 0.25) is 0 Å². The van der Waals surface area contributed by atoms with Crippen LogP contribution in [-0.4, -0.2) is 21.8 Å². The highest BCUT2D eigenvalue weighted by molar-refractivity contribution is 7.85. The zero-order valence-electron chi connectivity index (χ0n) is 16.6. The number of hydrazine groups is 1. The van der Waals surface area contributed by atoms with Crippen LogP contribution in [0, 0.1) is 5.41 Å². The predicted octanol–water partition coefficient (Wildman–Crippen LogP) is 4.19. The molecular formula is C24H22N2O3S. The van der Waals surface area contributed by atoms with Crippen molar-refractivity contribution < 1.29 is 13.8 Å². The Hall–Kier alpha value is -3.25. The van der Waals surface area contributed by atoms with Crippen molar-refractivity contribution in [3.05, 3.63) is 91.0 Å². The molecule has 4 rings (SSSR count). The van der Waals surface area contributed by atoms with Crippen LogP contribution in [0.4, 0.5) is 11.4 Å². The van der Waals surface area contributed by atoms with Crippen molar-refractivity contribution in [2.24, 2.45) is 5.41 Å². The lowest BCUT2D eigenvalue weighted by Gasteiger charge is -2.27. The van der Waals surface area contributed by atoms with Gasteiger partial charge in [0.05, 0.1) is 22.2 Å². The Morgan fingerprint density at radius 3 is 1.53 bits per heavy atom. The van der Waals surface area contributed by atoms with Gasteiger partial charge in [0.15, 0.2) is 0 Å². The Labute approximate surface area is 178 Å². The molecule has 30 heavy (non-hydrogen) atoms. The second kappa shape index (κ2) is 8.24. The number of carbonyl (C=O) groups is 2. The largest absolute Gasteiger partial charge is 0.271 e. The molecule has 0 spiro atoms. The number of hydrogen-bond donors (Lipinski definition) is 0. The Balaban J connectivity index is 1.67. The number of hydrogen-bond acceptors (Lipinski definition) is 3. The third-order valence-corrected chi connectivity index (χ3v) is 6.70. The van der Waals surface area contributed by atoms with E-state index < -0.39 is 16.2 Å². The quantitative estimate of drug-likeness (QED) is 0.564. The summed E-state index contributed by atoms with van der Waals surface area (Å²) in [4.78, 5) is 27.8. The van der Waals surface area contributed by atoms with Crippen LogP contribution in [0.25, 0.3) is 0 Å². The first-order chi connectivity index (χ1) is 14.5. The molecule has 3 aromatic rings. The van der Waals surface area contributed by atoms with Gasteiger partial charge in [-0.1, -0.05) is 54.6 Å². The van der Waals surface area contributed by atoms with Gasteiger partial charge in [-0.25, -0.2) is 10.0 Å². The Morgan fingerprint density at radius 2 is 1.10 bits per heavy atom. The van der Waals surface area contributed by atoms with Gasteiger partial charge in [-0.3, -0.25) is 13.8 Å². The maximum Gasteiger partial charge on any atom is 0.261 e. The van der Waals surface area contributed by atoms with Crippen molar-refractivity contribution in [3.8, 4) is 0 Å². The smallest absolute Gasteiger partial charge is 0.261 e. The van der Waals surface area contributed by atoms with E-state index >= 15 is 0 Å². The molecular weight excluding hydrogens is 396 g/mol. The highest BCUT2D eigenvalue weighted by atomic mass is 32.2. The van der Waals surface area contributed by atoms with Gasteiger partial charge in [-0.15, -0.1) is 0 Å². The summed E-state index contributed by atoms with van der Waals surface area (Å²) in [6.45, 7) is 1.65. The van der Waals surface area contributed by atoms with Crippen molar-refractivity contribution >= 4 is 34.0 Å². The van der Waals surface area contributed by atoms with Crippen molar-refractivity contribution in [2.75, 3.05) is 15.8 Å². The molecule has 0 aromatic heterocycles. The molecule has 0 radical (unpaired) electrons. The first kappa shape index (κ1) is 20.0. The Bertz CT molecular complexity index is 1010. The van der Waals surface area contributed by atoms with Crippen LogP contribution in [0.2, 0.25) is 0 Å². The van der Waals surface area contributed by atoms with Crippen molar-refractivity contribution in [1.29, 1.82) is 0 Å². The second-order valence-corrected chi connectivity index (χ2v) is 8.92. The molecule has 1 aliphatic rings. The number of rotatable bonds is 6. The van der Waals surface area contributed by atoms with Gasteiger partial charge >= 0.3 is 0 Å². The number of nitrogens with zero attached hydrogens (tertiary/aromatic N) is 2. The van der Waals surface area contributed by atoms with Gasteiger partial charge < -0.3 is 0 Å². The molecule has 0 aliphatic carbocycles. The van der Waals surface area contributed by atoms with E-state index in [2.05, 4.69) is 0 Å². The number of anilines is 2. The van der Waals surface area contributed by atoms with E-state index in [4.69, 9.17) is 0 Å². The molecule has 3 aromatic carbocycles. The summed E-state index contributed by atoms with van der Waals surface area (Å²) >= 11 is 0. The van der Waals surface area contributed by atoms with Crippen LogP contribution in [0.15, 0.2) is 95.9 Å². The van der Waals surface area contributed by atoms with E-state index in [1.807, 2.05) is 54.6 Å². The van der Waals surface area contributed by atoms with Crippen LogP contribution in [0.1, 0.15) is 13.3 Å². The average molecular weight is 419 g/mol. The summed E-state index contributed by atoms with van der Waals surface area (Å²) < 4.78 is 12.7. The van der Waals surface area contributed by atoms with E-state index in [1.165, 1.54) is 10.0 Å². The molecule has 1 aliphatic heterocycles. The lowest BCUT2D eigenvalue weighted by molar-refractivity contribution is -0.133. The van der Waals surface area contributed by atoms with Gasteiger partial charge in [-0.05, 0) is 49.7 Å². The van der Waals surface area contributed by atoms with E-state index in [0.29, 0.717) is 16.3 Å². The number of benzene rings is 3. The van der Waals surface area contributed by atoms with Crippen molar-refractivity contribution in [2.45, 2.75) is 18.2 Å². The van der Waals surface area contributed by atoms with Crippen LogP contribution < -0.4 is 10.0 Å². The summed E-state index contributed by atoms with van der Waals surface area (Å²) in [6, 6.07) is 27.4. The summed E-state index contributed by atoms with van der Waals surface area (Å²) in [6.07, 6.45) is 0.193. The maximum absolute atomic E-state index is 13.5. The molecule has 1 saturated heterocycles. The lowest BCUT2D eigenvalue weighted by Crippen LogP contribution is -2.41. The zero-order chi connectivity index (χ0) is 21.1.